The maximum atomic E-state index is 12.3. The molecule has 2 rings (SSSR count). The van der Waals surface area contributed by atoms with E-state index in [1.165, 1.54) is 0 Å². The van der Waals surface area contributed by atoms with Gasteiger partial charge in [0.15, 0.2) is 5.78 Å². The summed E-state index contributed by atoms with van der Waals surface area (Å²) in [7, 11) is 1.59. The molecule has 0 saturated carbocycles. The van der Waals surface area contributed by atoms with Gasteiger partial charge in [0.1, 0.15) is 5.75 Å². The number of methoxy groups -OCH3 is 1. The molecule has 0 radical (unpaired) electrons. The first kappa shape index (κ1) is 12.6. The Morgan fingerprint density at radius 3 is 2.76 bits per heavy atom. The van der Waals surface area contributed by atoms with Crippen LogP contribution in [0.3, 0.4) is 0 Å². The summed E-state index contributed by atoms with van der Waals surface area (Å²) in [5.41, 5.74) is 0.669. The van der Waals surface area contributed by atoms with Crippen LogP contribution in [-0.4, -0.2) is 26.1 Å². The second-order valence-electron chi connectivity index (χ2n) is 4.10. The molecule has 1 heterocycles. The molecular weight excluding hydrogens is 284 g/mol. The van der Waals surface area contributed by atoms with E-state index in [1.54, 1.807) is 7.11 Å². The Hall–Kier alpha value is -0.870. The third kappa shape index (κ3) is 2.87. The van der Waals surface area contributed by atoms with Gasteiger partial charge < -0.3 is 9.47 Å². The quantitative estimate of drug-likeness (QED) is 0.805. The molecule has 1 fully saturated rings. The number of rotatable bonds is 3. The smallest absolute Gasteiger partial charge is 0.169 e. The minimum atomic E-state index is 0.0684. The third-order valence-electron chi connectivity index (χ3n) is 3.02. The fourth-order valence-corrected chi connectivity index (χ4v) is 2.39. The van der Waals surface area contributed by atoms with Crippen LogP contribution >= 0.6 is 15.9 Å². The number of benzene rings is 1. The van der Waals surface area contributed by atoms with Crippen LogP contribution in [0.2, 0.25) is 0 Å². The molecule has 1 aliphatic heterocycles. The number of Topliss-reactive ketones (excluding diaryl/α,β-unsaturated/α-hetero) is 1. The van der Waals surface area contributed by atoms with Crippen molar-refractivity contribution in [3.63, 3.8) is 0 Å². The lowest BCUT2D eigenvalue weighted by molar-refractivity contribution is 0.0543. The van der Waals surface area contributed by atoms with Crippen LogP contribution in [0.5, 0.6) is 5.75 Å². The maximum absolute atomic E-state index is 12.3. The zero-order chi connectivity index (χ0) is 12.3. The first-order valence-corrected chi connectivity index (χ1v) is 6.47. The van der Waals surface area contributed by atoms with Crippen LogP contribution in [0.25, 0.3) is 0 Å². The van der Waals surface area contributed by atoms with E-state index in [1.807, 2.05) is 18.2 Å². The summed E-state index contributed by atoms with van der Waals surface area (Å²) >= 11 is 3.37. The summed E-state index contributed by atoms with van der Waals surface area (Å²) < 4.78 is 11.4. The average molecular weight is 299 g/mol. The minimum Gasteiger partial charge on any atom is -0.496 e. The molecule has 4 heteroatoms. The van der Waals surface area contributed by atoms with Crippen LogP contribution in [0.15, 0.2) is 22.7 Å². The number of ketones is 1. The standard InChI is InChI=1S/C13H15BrO3/c1-16-12-8-10(14)2-3-11(12)13(15)9-4-6-17-7-5-9/h2-3,8-9H,4-7H2,1H3. The van der Waals surface area contributed by atoms with Crippen molar-refractivity contribution in [3.8, 4) is 5.75 Å². The van der Waals surface area contributed by atoms with Gasteiger partial charge in [0.25, 0.3) is 0 Å². The van der Waals surface area contributed by atoms with E-state index >= 15 is 0 Å². The van der Waals surface area contributed by atoms with Gasteiger partial charge in [-0.05, 0) is 31.0 Å². The van der Waals surface area contributed by atoms with E-state index in [-0.39, 0.29) is 11.7 Å². The van der Waals surface area contributed by atoms with Crippen LogP contribution < -0.4 is 4.74 Å². The second kappa shape index (κ2) is 5.65. The summed E-state index contributed by atoms with van der Waals surface area (Å²) in [6, 6.07) is 5.52. The number of carbonyl (C=O) groups excluding carboxylic acids is 1. The van der Waals surface area contributed by atoms with E-state index in [0.717, 1.165) is 17.3 Å². The molecule has 0 amide bonds. The van der Waals surface area contributed by atoms with Gasteiger partial charge >= 0.3 is 0 Å². The molecule has 1 aromatic carbocycles. The fraction of sp³-hybridized carbons (Fsp3) is 0.462. The first-order valence-electron chi connectivity index (χ1n) is 5.68. The molecule has 0 spiro atoms. The zero-order valence-electron chi connectivity index (χ0n) is 9.74. The molecule has 1 saturated heterocycles. The van der Waals surface area contributed by atoms with E-state index in [9.17, 15) is 4.79 Å². The largest absolute Gasteiger partial charge is 0.496 e. The highest BCUT2D eigenvalue weighted by Crippen LogP contribution is 2.28. The highest BCUT2D eigenvalue weighted by Gasteiger charge is 2.25. The first-order chi connectivity index (χ1) is 8.22. The van der Waals surface area contributed by atoms with Gasteiger partial charge in [-0.1, -0.05) is 15.9 Å². The topological polar surface area (TPSA) is 35.5 Å². The lowest BCUT2D eigenvalue weighted by atomic mass is 9.90. The highest BCUT2D eigenvalue weighted by atomic mass is 79.9. The van der Waals surface area contributed by atoms with Gasteiger partial charge in [-0.3, -0.25) is 4.79 Å². The van der Waals surface area contributed by atoms with E-state index in [4.69, 9.17) is 9.47 Å². The molecule has 0 aliphatic carbocycles. The number of halogens is 1. The Kier molecular flexibility index (Phi) is 4.18. The molecule has 1 aromatic rings. The summed E-state index contributed by atoms with van der Waals surface area (Å²) in [4.78, 5) is 12.3. The Bertz CT molecular complexity index is 411. The van der Waals surface area contributed by atoms with Crippen molar-refractivity contribution in [2.24, 2.45) is 5.92 Å². The highest BCUT2D eigenvalue weighted by molar-refractivity contribution is 9.10. The molecule has 0 aromatic heterocycles. The Labute approximate surface area is 109 Å². The molecule has 1 aliphatic rings. The van der Waals surface area contributed by atoms with Gasteiger partial charge in [-0.15, -0.1) is 0 Å². The number of hydrogen-bond donors (Lipinski definition) is 0. The number of carbonyl (C=O) groups is 1. The molecule has 0 bridgehead atoms. The van der Waals surface area contributed by atoms with Crippen molar-refractivity contribution in [1.82, 2.24) is 0 Å². The van der Waals surface area contributed by atoms with Crippen LogP contribution in [-0.2, 0) is 4.74 Å². The van der Waals surface area contributed by atoms with Gasteiger partial charge in [-0.2, -0.15) is 0 Å². The summed E-state index contributed by atoms with van der Waals surface area (Å²) in [5.74, 6) is 0.868. The number of ether oxygens (including phenoxy) is 2. The summed E-state index contributed by atoms with van der Waals surface area (Å²) in [6.45, 7) is 1.35. The van der Waals surface area contributed by atoms with Crippen LogP contribution in [0, 0.1) is 5.92 Å². The van der Waals surface area contributed by atoms with Gasteiger partial charge in [0, 0.05) is 23.6 Å². The zero-order valence-corrected chi connectivity index (χ0v) is 11.3. The SMILES string of the molecule is COc1cc(Br)ccc1C(=O)C1CCOCC1. The van der Waals surface area contributed by atoms with Crippen molar-refractivity contribution in [2.45, 2.75) is 12.8 Å². The molecule has 0 N–H and O–H groups in total. The van der Waals surface area contributed by atoms with Crippen molar-refractivity contribution in [3.05, 3.63) is 28.2 Å². The van der Waals surface area contributed by atoms with Crippen molar-refractivity contribution in [2.75, 3.05) is 20.3 Å². The fourth-order valence-electron chi connectivity index (χ4n) is 2.05. The van der Waals surface area contributed by atoms with Gasteiger partial charge in [-0.25, -0.2) is 0 Å². The van der Waals surface area contributed by atoms with Crippen LogP contribution in [0.1, 0.15) is 23.2 Å². The lowest BCUT2D eigenvalue weighted by Crippen LogP contribution is -2.23. The van der Waals surface area contributed by atoms with E-state index in [2.05, 4.69) is 15.9 Å². The predicted molar refractivity (Wildman–Crippen MR) is 68.6 cm³/mol. The summed E-state index contributed by atoms with van der Waals surface area (Å²) in [5, 5.41) is 0. The molecule has 17 heavy (non-hydrogen) atoms. The van der Waals surface area contributed by atoms with E-state index in [0.29, 0.717) is 24.5 Å². The Balaban J connectivity index is 2.23. The molecule has 3 nitrogen and oxygen atoms in total. The Morgan fingerprint density at radius 1 is 1.41 bits per heavy atom. The van der Waals surface area contributed by atoms with Crippen molar-refractivity contribution < 1.29 is 14.3 Å². The molecule has 0 atom stereocenters. The molecule has 92 valence electrons. The lowest BCUT2D eigenvalue weighted by Gasteiger charge is -2.21. The predicted octanol–water partition coefficient (Wildman–Crippen LogP) is 3.07. The van der Waals surface area contributed by atoms with E-state index < -0.39 is 0 Å². The molecule has 0 unspecified atom stereocenters. The van der Waals surface area contributed by atoms with Gasteiger partial charge in [0.2, 0.25) is 0 Å². The number of hydrogen-bond acceptors (Lipinski definition) is 3. The minimum absolute atomic E-state index is 0.0684. The van der Waals surface area contributed by atoms with Crippen LogP contribution in [0.4, 0.5) is 0 Å². The van der Waals surface area contributed by atoms with Gasteiger partial charge in [0.05, 0.1) is 12.7 Å². The van der Waals surface area contributed by atoms with Crippen molar-refractivity contribution >= 4 is 21.7 Å². The summed E-state index contributed by atoms with van der Waals surface area (Å²) in [6.07, 6.45) is 1.61. The average Bonchev–Trinajstić information content (AvgIpc) is 2.39. The normalized spacial score (nSPS) is 16.8. The molecular formula is C13H15BrO3. The Morgan fingerprint density at radius 2 is 2.12 bits per heavy atom. The maximum Gasteiger partial charge on any atom is 0.169 e. The van der Waals surface area contributed by atoms with Crippen molar-refractivity contribution in [1.29, 1.82) is 0 Å². The monoisotopic (exact) mass is 298 g/mol. The second-order valence-corrected chi connectivity index (χ2v) is 5.01. The third-order valence-corrected chi connectivity index (χ3v) is 3.51.